The van der Waals surface area contributed by atoms with Crippen molar-refractivity contribution in [3.8, 4) is 0 Å². The van der Waals surface area contributed by atoms with Crippen molar-refractivity contribution in [1.29, 1.82) is 0 Å². The highest BCUT2D eigenvalue weighted by atomic mass is 32.1. The van der Waals surface area contributed by atoms with E-state index in [4.69, 9.17) is 5.11 Å². The average molecular weight is 279 g/mol. The lowest BCUT2D eigenvalue weighted by Crippen LogP contribution is -2.18. The standard InChI is InChI=1S/C13H17N3O2S/c1-9(2)16-5-4-15-11(16)8-14-7-10-3-6-19-12(10)13(17)18/h3-6,9,14H,7-8H2,1-2H3,(H,17,18). The van der Waals surface area contributed by atoms with Crippen molar-refractivity contribution in [3.05, 3.63) is 40.1 Å². The summed E-state index contributed by atoms with van der Waals surface area (Å²) in [4.78, 5) is 15.7. The Bertz CT molecular complexity index is 560. The normalized spacial score (nSPS) is 11.1. The van der Waals surface area contributed by atoms with Crippen LogP contribution in [0.4, 0.5) is 0 Å². The molecule has 0 aromatic carbocycles. The topological polar surface area (TPSA) is 67.2 Å². The summed E-state index contributed by atoms with van der Waals surface area (Å²) in [6.07, 6.45) is 3.74. The highest BCUT2D eigenvalue weighted by Gasteiger charge is 2.11. The summed E-state index contributed by atoms with van der Waals surface area (Å²) >= 11 is 1.25. The maximum absolute atomic E-state index is 11.0. The molecule has 2 aromatic heterocycles. The summed E-state index contributed by atoms with van der Waals surface area (Å²) in [7, 11) is 0. The largest absolute Gasteiger partial charge is 0.477 e. The number of thiophene rings is 1. The van der Waals surface area contributed by atoms with Gasteiger partial charge in [0.25, 0.3) is 0 Å². The Balaban J connectivity index is 1.95. The third-order valence-electron chi connectivity index (χ3n) is 2.84. The molecule has 0 spiro atoms. The molecule has 2 heterocycles. The van der Waals surface area contributed by atoms with Crippen molar-refractivity contribution >= 4 is 17.3 Å². The van der Waals surface area contributed by atoms with Crippen LogP contribution in [-0.4, -0.2) is 20.6 Å². The first-order chi connectivity index (χ1) is 9.09. The van der Waals surface area contributed by atoms with Gasteiger partial charge in [0.05, 0.1) is 6.54 Å². The predicted octanol–water partition coefficient (Wildman–Crippen LogP) is 2.51. The SMILES string of the molecule is CC(C)n1ccnc1CNCc1ccsc1C(=O)O. The van der Waals surface area contributed by atoms with E-state index in [1.807, 2.05) is 12.3 Å². The molecule has 0 bridgehead atoms. The molecular weight excluding hydrogens is 262 g/mol. The predicted molar refractivity (Wildman–Crippen MR) is 74.4 cm³/mol. The molecule has 0 fully saturated rings. The Morgan fingerprint density at radius 3 is 3.00 bits per heavy atom. The number of imidazole rings is 1. The lowest BCUT2D eigenvalue weighted by molar-refractivity contribution is 0.0701. The van der Waals surface area contributed by atoms with Gasteiger partial charge < -0.3 is 15.0 Å². The van der Waals surface area contributed by atoms with Crippen LogP contribution in [0.25, 0.3) is 0 Å². The average Bonchev–Trinajstić information content (AvgIpc) is 2.96. The van der Waals surface area contributed by atoms with Gasteiger partial charge in [-0.3, -0.25) is 0 Å². The van der Waals surface area contributed by atoms with E-state index < -0.39 is 5.97 Å². The number of hydrogen-bond acceptors (Lipinski definition) is 4. The van der Waals surface area contributed by atoms with Gasteiger partial charge in [-0.15, -0.1) is 11.3 Å². The number of aromatic carboxylic acids is 1. The molecule has 2 aromatic rings. The number of nitrogens with one attached hydrogen (secondary N) is 1. The Hall–Kier alpha value is -1.66. The molecule has 6 heteroatoms. The van der Waals surface area contributed by atoms with Crippen LogP contribution in [0.2, 0.25) is 0 Å². The van der Waals surface area contributed by atoms with Crippen molar-refractivity contribution in [1.82, 2.24) is 14.9 Å². The van der Waals surface area contributed by atoms with E-state index in [2.05, 4.69) is 28.7 Å². The van der Waals surface area contributed by atoms with Crippen LogP contribution in [-0.2, 0) is 13.1 Å². The van der Waals surface area contributed by atoms with Crippen LogP contribution >= 0.6 is 11.3 Å². The molecule has 2 rings (SSSR count). The Morgan fingerprint density at radius 2 is 2.32 bits per heavy atom. The molecule has 19 heavy (non-hydrogen) atoms. The van der Waals surface area contributed by atoms with E-state index in [0.29, 0.717) is 24.0 Å². The number of carboxylic acids is 1. The van der Waals surface area contributed by atoms with Crippen LogP contribution < -0.4 is 5.32 Å². The Labute approximate surface area is 115 Å². The van der Waals surface area contributed by atoms with E-state index in [1.165, 1.54) is 11.3 Å². The molecule has 0 radical (unpaired) electrons. The van der Waals surface area contributed by atoms with E-state index in [0.717, 1.165) is 11.4 Å². The minimum absolute atomic E-state index is 0.370. The van der Waals surface area contributed by atoms with Crippen LogP contribution in [0.1, 0.15) is 40.9 Å². The molecule has 0 saturated carbocycles. The van der Waals surface area contributed by atoms with Gasteiger partial charge in [0.2, 0.25) is 0 Å². The molecule has 0 aliphatic heterocycles. The monoisotopic (exact) mass is 279 g/mol. The van der Waals surface area contributed by atoms with E-state index in [9.17, 15) is 4.79 Å². The third-order valence-corrected chi connectivity index (χ3v) is 3.79. The van der Waals surface area contributed by atoms with Crippen molar-refractivity contribution in [2.75, 3.05) is 0 Å². The second-order valence-electron chi connectivity index (χ2n) is 4.53. The molecule has 0 aliphatic carbocycles. The first-order valence-corrected chi connectivity index (χ1v) is 6.99. The summed E-state index contributed by atoms with van der Waals surface area (Å²) < 4.78 is 2.10. The zero-order valence-electron chi connectivity index (χ0n) is 11.0. The second kappa shape index (κ2) is 5.99. The van der Waals surface area contributed by atoms with Gasteiger partial charge >= 0.3 is 5.97 Å². The minimum Gasteiger partial charge on any atom is -0.477 e. The summed E-state index contributed by atoms with van der Waals surface area (Å²) in [5, 5.41) is 14.1. The lowest BCUT2D eigenvalue weighted by Gasteiger charge is -2.11. The Morgan fingerprint density at radius 1 is 1.53 bits per heavy atom. The molecule has 0 unspecified atom stereocenters. The van der Waals surface area contributed by atoms with E-state index >= 15 is 0 Å². The third kappa shape index (κ3) is 3.21. The Kier molecular flexibility index (Phi) is 4.34. The summed E-state index contributed by atoms with van der Waals surface area (Å²) in [6.45, 7) is 5.37. The van der Waals surface area contributed by atoms with Crippen LogP contribution in [0.15, 0.2) is 23.8 Å². The summed E-state index contributed by atoms with van der Waals surface area (Å²) in [5.74, 6) is 0.0950. The number of carboxylic acid groups (broad SMARTS) is 1. The van der Waals surface area contributed by atoms with E-state index in [-0.39, 0.29) is 0 Å². The van der Waals surface area contributed by atoms with Crippen LogP contribution in [0, 0.1) is 0 Å². The molecule has 2 N–H and O–H groups in total. The molecule has 0 aliphatic rings. The highest BCUT2D eigenvalue weighted by Crippen LogP contribution is 2.16. The summed E-state index contributed by atoms with van der Waals surface area (Å²) in [5.41, 5.74) is 0.820. The van der Waals surface area contributed by atoms with E-state index in [1.54, 1.807) is 11.6 Å². The smallest absolute Gasteiger partial charge is 0.346 e. The van der Waals surface area contributed by atoms with Gasteiger partial charge in [-0.05, 0) is 30.9 Å². The first kappa shape index (κ1) is 13.8. The molecule has 0 atom stereocenters. The molecule has 102 valence electrons. The second-order valence-corrected chi connectivity index (χ2v) is 5.44. The van der Waals surface area contributed by atoms with Gasteiger partial charge in [-0.1, -0.05) is 0 Å². The first-order valence-electron chi connectivity index (χ1n) is 6.11. The molecule has 5 nitrogen and oxygen atoms in total. The lowest BCUT2D eigenvalue weighted by atomic mass is 10.2. The van der Waals surface area contributed by atoms with Crippen molar-refractivity contribution < 1.29 is 9.90 Å². The molecule has 0 saturated heterocycles. The fraction of sp³-hybridized carbons (Fsp3) is 0.385. The number of carbonyl (C=O) groups is 1. The molecular formula is C13H17N3O2S. The van der Waals surface area contributed by atoms with Gasteiger partial charge in [-0.2, -0.15) is 0 Å². The van der Waals surface area contributed by atoms with Crippen LogP contribution in [0.3, 0.4) is 0 Å². The highest BCUT2D eigenvalue weighted by molar-refractivity contribution is 7.12. The quantitative estimate of drug-likeness (QED) is 0.852. The maximum atomic E-state index is 11.0. The fourth-order valence-corrected chi connectivity index (χ4v) is 2.68. The number of nitrogens with zero attached hydrogens (tertiary/aromatic N) is 2. The van der Waals surface area contributed by atoms with Crippen molar-refractivity contribution in [2.45, 2.75) is 33.0 Å². The fourth-order valence-electron chi connectivity index (χ4n) is 1.92. The van der Waals surface area contributed by atoms with Crippen molar-refractivity contribution in [3.63, 3.8) is 0 Å². The maximum Gasteiger partial charge on any atom is 0.346 e. The van der Waals surface area contributed by atoms with Crippen LogP contribution in [0.5, 0.6) is 0 Å². The van der Waals surface area contributed by atoms with Crippen molar-refractivity contribution in [2.24, 2.45) is 0 Å². The summed E-state index contributed by atoms with van der Waals surface area (Å²) in [6, 6.07) is 2.21. The number of rotatable bonds is 6. The van der Waals surface area contributed by atoms with Gasteiger partial charge in [0.1, 0.15) is 10.7 Å². The number of hydrogen-bond donors (Lipinski definition) is 2. The van der Waals surface area contributed by atoms with Gasteiger partial charge in [0.15, 0.2) is 0 Å². The zero-order chi connectivity index (χ0) is 13.8. The zero-order valence-corrected chi connectivity index (χ0v) is 11.8. The van der Waals surface area contributed by atoms with Gasteiger partial charge in [0, 0.05) is 25.0 Å². The molecule has 0 amide bonds. The number of aromatic nitrogens is 2. The van der Waals surface area contributed by atoms with Gasteiger partial charge in [-0.25, -0.2) is 9.78 Å². The minimum atomic E-state index is -0.865.